The molecule has 138 valence electrons. The third-order valence-corrected chi connectivity index (χ3v) is 4.98. The Hall–Kier alpha value is -2.99. The Morgan fingerprint density at radius 2 is 1.93 bits per heavy atom. The molecule has 0 atom stereocenters. The predicted molar refractivity (Wildman–Crippen MR) is 106 cm³/mol. The Kier molecular flexibility index (Phi) is 4.73. The number of pyridine rings is 1. The lowest BCUT2D eigenvalue weighted by Gasteiger charge is -2.34. The van der Waals surface area contributed by atoms with E-state index >= 15 is 0 Å². The maximum Gasteiger partial charge on any atom is 0.255 e. The molecule has 0 radical (unpaired) electrons. The highest BCUT2D eigenvalue weighted by atomic mass is 19.1. The minimum Gasteiger partial charge on any atom is -0.367 e. The van der Waals surface area contributed by atoms with Crippen LogP contribution in [-0.4, -0.2) is 49.0 Å². The molecule has 1 aromatic heterocycles. The number of nitrogens with zero attached hydrogens (tertiary/aromatic N) is 3. The van der Waals surface area contributed by atoms with Crippen LogP contribution in [0.25, 0.3) is 10.8 Å². The molecule has 4 rings (SSSR count). The molecular formula is C21H21FN4O. The van der Waals surface area contributed by atoms with Gasteiger partial charge in [0.05, 0.1) is 5.69 Å². The Bertz CT molecular complexity index is 978. The molecule has 1 N–H and O–H groups in total. The highest BCUT2D eigenvalue weighted by molar-refractivity contribution is 6.09. The summed E-state index contributed by atoms with van der Waals surface area (Å²) in [6, 6.07) is 12.2. The summed E-state index contributed by atoms with van der Waals surface area (Å²) in [5.74, 6) is -0.697. The second-order valence-electron chi connectivity index (χ2n) is 6.81. The molecule has 0 aliphatic carbocycles. The Balaban J connectivity index is 1.54. The summed E-state index contributed by atoms with van der Waals surface area (Å²) in [6.45, 7) is 3.36. The zero-order valence-corrected chi connectivity index (χ0v) is 15.2. The molecule has 1 saturated heterocycles. The van der Waals surface area contributed by atoms with Crippen LogP contribution in [0.5, 0.6) is 0 Å². The molecule has 2 aromatic carbocycles. The van der Waals surface area contributed by atoms with E-state index in [0.29, 0.717) is 16.9 Å². The summed E-state index contributed by atoms with van der Waals surface area (Å²) in [5, 5.41) is 4.72. The first-order valence-electron chi connectivity index (χ1n) is 8.99. The van der Waals surface area contributed by atoms with Crippen molar-refractivity contribution >= 4 is 28.1 Å². The SMILES string of the molecule is CN1CCN(c2ccc(C(=O)Nc3cccc4cnccc34)cc2F)CC1. The standard InChI is InChI=1S/C21H21FN4O/c1-25-9-11-26(12-10-25)20-6-5-15(13-18(20)22)21(27)24-19-4-2-3-16-14-23-8-7-17(16)19/h2-8,13-14H,9-12H2,1H3,(H,24,27). The van der Waals surface area contributed by atoms with Crippen LogP contribution < -0.4 is 10.2 Å². The van der Waals surface area contributed by atoms with Crippen LogP contribution in [0.1, 0.15) is 10.4 Å². The number of carbonyl (C=O) groups is 1. The topological polar surface area (TPSA) is 48.5 Å². The van der Waals surface area contributed by atoms with Gasteiger partial charge in [0.15, 0.2) is 0 Å². The summed E-state index contributed by atoms with van der Waals surface area (Å²) in [7, 11) is 2.06. The molecule has 0 unspecified atom stereocenters. The fourth-order valence-corrected chi connectivity index (χ4v) is 3.38. The van der Waals surface area contributed by atoms with Gasteiger partial charge in [0.25, 0.3) is 5.91 Å². The van der Waals surface area contributed by atoms with Crippen LogP contribution >= 0.6 is 0 Å². The van der Waals surface area contributed by atoms with Gasteiger partial charge in [-0.25, -0.2) is 4.39 Å². The zero-order valence-electron chi connectivity index (χ0n) is 15.2. The molecule has 27 heavy (non-hydrogen) atoms. The molecule has 1 aliphatic heterocycles. The van der Waals surface area contributed by atoms with E-state index in [1.54, 1.807) is 24.5 Å². The molecule has 1 fully saturated rings. The fraction of sp³-hybridized carbons (Fsp3) is 0.238. The van der Waals surface area contributed by atoms with E-state index in [1.165, 1.54) is 6.07 Å². The number of aromatic nitrogens is 1. The lowest BCUT2D eigenvalue weighted by molar-refractivity contribution is 0.102. The van der Waals surface area contributed by atoms with Crippen molar-refractivity contribution in [3.8, 4) is 0 Å². The Morgan fingerprint density at radius 3 is 2.70 bits per heavy atom. The van der Waals surface area contributed by atoms with Crippen molar-refractivity contribution in [2.45, 2.75) is 0 Å². The zero-order chi connectivity index (χ0) is 18.8. The van der Waals surface area contributed by atoms with E-state index in [9.17, 15) is 9.18 Å². The number of amides is 1. The molecule has 1 aliphatic rings. The first kappa shape index (κ1) is 17.4. The highest BCUT2D eigenvalue weighted by Gasteiger charge is 2.19. The smallest absolute Gasteiger partial charge is 0.255 e. The van der Waals surface area contributed by atoms with Gasteiger partial charge in [0.1, 0.15) is 5.82 Å². The van der Waals surface area contributed by atoms with Gasteiger partial charge in [-0.2, -0.15) is 0 Å². The van der Waals surface area contributed by atoms with Crippen molar-refractivity contribution in [3.63, 3.8) is 0 Å². The van der Waals surface area contributed by atoms with E-state index in [0.717, 1.165) is 37.0 Å². The lowest BCUT2D eigenvalue weighted by atomic mass is 10.1. The second-order valence-corrected chi connectivity index (χ2v) is 6.81. The van der Waals surface area contributed by atoms with Gasteiger partial charge in [-0.15, -0.1) is 0 Å². The van der Waals surface area contributed by atoms with Crippen LogP contribution in [-0.2, 0) is 0 Å². The summed E-state index contributed by atoms with van der Waals surface area (Å²) in [4.78, 5) is 21.0. The van der Waals surface area contributed by atoms with Crippen molar-refractivity contribution in [3.05, 3.63) is 66.2 Å². The number of likely N-dealkylation sites (N-methyl/N-ethyl adjacent to an activating group) is 1. The van der Waals surface area contributed by atoms with E-state index in [4.69, 9.17) is 0 Å². The average Bonchev–Trinajstić information content (AvgIpc) is 2.69. The number of benzene rings is 2. The van der Waals surface area contributed by atoms with Gasteiger partial charge in [0, 0.05) is 60.6 Å². The first-order chi connectivity index (χ1) is 13.1. The van der Waals surface area contributed by atoms with E-state index < -0.39 is 0 Å². The van der Waals surface area contributed by atoms with Crippen LogP contribution in [0, 0.1) is 5.82 Å². The molecule has 5 nitrogen and oxygen atoms in total. The second kappa shape index (κ2) is 7.32. The van der Waals surface area contributed by atoms with Gasteiger partial charge in [-0.1, -0.05) is 12.1 Å². The van der Waals surface area contributed by atoms with Gasteiger partial charge in [-0.3, -0.25) is 9.78 Å². The van der Waals surface area contributed by atoms with Crippen molar-refractivity contribution < 1.29 is 9.18 Å². The van der Waals surface area contributed by atoms with Gasteiger partial charge in [0.2, 0.25) is 0 Å². The monoisotopic (exact) mass is 364 g/mol. The number of carbonyl (C=O) groups excluding carboxylic acids is 1. The van der Waals surface area contributed by atoms with Crippen LogP contribution in [0.2, 0.25) is 0 Å². The number of fused-ring (bicyclic) bond motifs is 1. The maximum absolute atomic E-state index is 14.6. The third-order valence-electron chi connectivity index (χ3n) is 4.98. The number of nitrogens with one attached hydrogen (secondary N) is 1. The van der Waals surface area contributed by atoms with Crippen LogP contribution in [0.15, 0.2) is 54.9 Å². The fourth-order valence-electron chi connectivity index (χ4n) is 3.38. The number of anilines is 2. The molecule has 0 spiro atoms. The molecule has 0 saturated carbocycles. The number of piperazine rings is 1. The van der Waals surface area contributed by atoms with Gasteiger partial charge in [-0.05, 0) is 37.4 Å². The average molecular weight is 364 g/mol. The molecular weight excluding hydrogens is 343 g/mol. The number of rotatable bonds is 3. The third kappa shape index (κ3) is 3.61. The van der Waals surface area contributed by atoms with Gasteiger partial charge >= 0.3 is 0 Å². The first-order valence-corrected chi connectivity index (χ1v) is 8.99. The number of hydrogen-bond acceptors (Lipinski definition) is 4. The summed E-state index contributed by atoms with van der Waals surface area (Å²) >= 11 is 0. The Labute approximate surface area is 157 Å². The van der Waals surface area contributed by atoms with Crippen LogP contribution in [0.4, 0.5) is 15.8 Å². The van der Waals surface area contributed by atoms with Gasteiger partial charge < -0.3 is 15.1 Å². The van der Waals surface area contributed by atoms with E-state index in [-0.39, 0.29) is 11.7 Å². The van der Waals surface area contributed by atoms with Crippen molar-refractivity contribution in [1.82, 2.24) is 9.88 Å². The minimum absolute atomic E-state index is 0.302. The molecule has 2 heterocycles. The quantitative estimate of drug-likeness (QED) is 0.774. The van der Waals surface area contributed by atoms with Crippen molar-refractivity contribution in [1.29, 1.82) is 0 Å². The van der Waals surface area contributed by atoms with E-state index in [1.807, 2.05) is 29.2 Å². The predicted octanol–water partition coefficient (Wildman–Crippen LogP) is 3.38. The van der Waals surface area contributed by atoms with Crippen molar-refractivity contribution in [2.75, 3.05) is 43.4 Å². The molecule has 0 bridgehead atoms. The normalized spacial score (nSPS) is 15.1. The lowest BCUT2D eigenvalue weighted by Crippen LogP contribution is -2.44. The summed E-state index contributed by atoms with van der Waals surface area (Å²) in [5.41, 5.74) is 1.54. The van der Waals surface area contributed by atoms with E-state index in [2.05, 4.69) is 22.2 Å². The summed E-state index contributed by atoms with van der Waals surface area (Å²) in [6.07, 6.45) is 3.43. The minimum atomic E-state index is -0.366. The Morgan fingerprint density at radius 1 is 1.11 bits per heavy atom. The number of hydrogen-bond donors (Lipinski definition) is 1. The molecule has 6 heteroatoms. The van der Waals surface area contributed by atoms with Crippen molar-refractivity contribution in [2.24, 2.45) is 0 Å². The van der Waals surface area contributed by atoms with Crippen LogP contribution in [0.3, 0.4) is 0 Å². The molecule has 1 amide bonds. The summed E-state index contributed by atoms with van der Waals surface area (Å²) < 4.78 is 14.6. The maximum atomic E-state index is 14.6. The number of halogens is 1. The molecule has 3 aromatic rings. The largest absolute Gasteiger partial charge is 0.367 e. The highest BCUT2D eigenvalue weighted by Crippen LogP contribution is 2.25.